The molecule has 1 aliphatic rings. The lowest BCUT2D eigenvalue weighted by Crippen LogP contribution is -2.37. The van der Waals surface area contributed by atoms with Gasteiger partial charge in [0.15, 0.2) is 0 Å². The highest BCUT2D eigenvalue weighted by Crippen LogP contribution is 2.40. The zero-order valence-electron chi connectivity index (χ0n) is 11.3. The van der Waals surface area contributed by atoms with Crippen molar-refractivity contribution in [1.82, 2.24) is 4.57 Å². The first-order valence-electron chi connectivity index (χ1n) is 6.80. The second-order valence-electron chi connectivity index (χ2n) is 4.99. The van der Waals surface area contributed by atoms with E-state index >= 15 is 0 Å². The van der Waals surface area contributed by atoms with Crippen LogP contribution in [0.5, 0.6) is 0 Å². The second kappa shape index (κ2) is 4.57. The quantitative estimate of drug-likeness (QED) is 0.802. The number of carbonyl (C=O) groups is 1. The number of anilines is 1. The van der Waals surface area contributed by atoms with Crippen molar-refractivity contribution in [3.05, 3.63) is 48.3 Å². The number of rotatable bonds is 2. The Bertz CT molecular complexity index is 615. The molecule has 3 heteroatoms. The van der Waals surface area contributed by atoms with Gasteiger partial charge in [0.1, 0.15) is 0 Å². The van der Waals surface area contributed by atoms with E-state index in [-0.39, 0.29) is 11.9 Å². The van der Waals surface area contributed by atoms with E-state index in [2.05, 4.69) is 35.9 Å². The lowest BCUT2D eigenvalue weighted by Gasteiger charge is -2.37. The van der Waals surface area contributed by atoms with Crippen LogP contribution in [-0.2, 0) is 4.79 Å². The van der Waals surface area contributed by atoms with Crippen molar-refractivity contribution < 1.29 is 4.79 Å². The molecule has 1 unspecified atom stereocenters. The predicted molar refractivity (Wildman–Crippen MR) is 76.6 cm³/mol. The van der Waals surface area contributed by atoms with Gasteiger partial charge in [0.2, 0.25) is 5.91 Å². The van der Waals surface area contributed by atoms with Crippen molar-refractivity contribution in [1.29, 1.82) is 0 Å². The maximum Gasteiger partial charge on any atom is 0.224 e. The lowest BCUT2D eigenvalue weighted by atomic mass is 10.0. The number of aromatic nitrogens is 1. The van der Waals surface area contributed by atoms with Crippen LogP contribution in [0.1, 0.15) is 38.4 Å². The zero-order valence-corrected chi connectivity index (χ0v) is 11.3. The molecule has 0 N–H and O–H groups in total. The molecule has 0 saturated heterocycles. The van der Waals surface area contributed by atoms with E-state index in [0.29, 0.717) is 0 Å². The molecule has 1 amide bonds. The summed E-state index contributed by atoms with van der Waals surface area (Å²) >= 11 is 0. The minimum atomic E-state index is 0.110. The largest absolute Gasteiger partial charge is 0.317 e. The molecule has 19 heavy (non-hydrogen) atoms. The number of hydrogen-bond donors (Lipinski definition) is 0. The predicted octanol–water partition coefficient (Wildman–Crippen LogP) is 3.69. The molecule has 1 aliphatic heterocycles. The number of hydrogen-bond acceptors (Lipinski definition) is 1. The maximum absolute atomic E-state index is 12.1. The van der Waals surface area contributed by atoms with Crippen LogP contribution in [-0.4, -0.2) is 10.5 Å². The fourth-order valence-electron chi connectivity index (χ4n) is 3.00. The molecule has 0 fully saturated rings. The molecule has 2 heterocycles. The van der Waals surface area contributed by atoms with Gasteiger partial charge in [-0.2, -0.15) is 0 Å². The highest BCUT2D eigenvalue weighted by atomic mass is 16.2. The summed E-state index contributed by atoms with van der Waals surface area (Å²) in [4.78, 5) is 14.0. The first kappa shape index (κ1) is 12.0. The van der Waals surface area contributed by atoms with E-state index in [0.717, 1.165) is 24.2 Å². The molecule has 0 aliphatic carbocycles. The van der Waals surface area contributed by atoms with Crippen LogP contribution >= 0.6 is 0 Å². The Kier molecular flexibility index (Phi) is 2.90. The minimum absolute atomic E-state index is 0.110. The van der Waals surface area contributed by atoms with E-state index in [4.69, 9.17) is 0 Å². The molecule has 0 spiro atoms. The number of para-hydroxylation sites is 2. The van der Waals surface area contributed by atoms with Gasteiger partial charge in [-0.25, -0.2) is 0 Å². The van der Waals surface area contributed by atoms with Crippen molar-refractivity contribution >= 4 is 11.6 Å². The summed E-state index contributed by atoms with van der Waals surface area (Å²) in [6.45, 7) is 3.81. The fraction of sp³-hybridized carbons (Fsp3) is 0.312. The highest BCUT2D eigenvalue weighted by Gasteiger charge is 2.32. The van der Waals surface area contributed by atoms with E-state index in [1.165, 1.54) is 5.69 Å². The molecule has 98 valence electrons. The summed E-state index contributed by atoms with van der Waals surface area (Å²) in [5, 5.41) is 0. The normalized spacial score (nSPS) is 16.9. The Balaban J connectivity index is 2.23. The SMILES string of the molecule is CCCC1c2cccn2-c2ccccc2N1C(C)=O. The molecular formula is C16H18N2O. The van der Waals surface area contributed by atoms with Crippen LogP contribution in [0.4, 0.5) is 5.69 Å². The first-order chi connectivity index (χ1) is 9.24. The van der Waals surface area contributed by atoms with Crippen molar-refractivity contribution in [3.8, 4) is 5.69 Å². The Hall–Kier alpha value is -2.03. The number of benzene rings is 1. The third-order valence-corrected chi connectivity index (χ3v) is 3.74. The molecule has 1 aromatic heterocycles. The van der Waals surface area contributed by atoms with Gasteiger partial charge in [-0.15, -0.1) is 0 Å². The number of amides is 1. The molecule has 2 aromatic rings. The van der Waals surface area contributed by atoms with Crippen LogP contribution in [0.3, 0.4) is 0 Å². The van der Waals surface area contributed by atoms with Gasteiger partial charge in [-0.1, -0.05) is 25.5 Å². The minimum Gasteiger partial charge on any atom is -0.317 e. The van der Waals surface area contributed by atoms with Gasteiger partial charge in [-0.05, 0) is 30.7 Å². The van der Waals surface area contributed by atoms with Crippen molar-refractivity contribution in [3.63, 3.8) is 0 Å². The van der Waals surface area contributed by atoms with Crippen LogP contribution in [0.25, 0.3) is 5.69 Å². The summed E-state index contributed by atoms with van der Waals surface area (Å²) in [7, 11) is 0. The van der Waals surface area contributed by atoms with Crippen molar-refractivity contribution in [2.45, 2.75) is 32.7 Å². The Morgan fingerprint density at radius 2 is 1.89 bits per heavy atom. The smallest absolute Gasteiger partial charge is 0.224 e. The van der Waals surface area contributed by atoms with E-state index in [1.807, 2.05) is 23.1 Å². The van der Waals surface area contributed by atoms with Crippen molar-refractivity contribution in [2.24, 2.45) is 0 Å². The number of fused-ring (bicyclic) bond motifs is 3. The lowest BCUT2D eigenvalue weighted by molar-refractivity contribution is -0.117. The zero-order chi connectivity index (χ0) is 13.4. The van der Waals surface area contributed by atoms with E-state index in [1.54, 1.807) is 6.92 Å². The van der Waals surface area contributed by atoms with Crippen LogP contribution in [0, 0.1) is 0 Å². The fourth-order valence-corrected chi connectivity index (χ4v) is 3.00. The van der Waals surface area contributed by atoms with Crippen LogP contribution < -0.4 is 4.90 Å². The summed E-state index contributed by atoms with van der Waals surface area (Å²) in [6.07, 6.45) is 4.12. The van der Waals surface area contributed by atoms with Gasteiger partial charge in [0, 0.05) is 18.8 Å². The van der Waals surface area contributed by atoms with Crippen LogP contribution in [0.15, 0.2) is 42.6 Å². The molecule has 1 aromatic carbocycles. The molecule has 3 nitrogen and oxygen atoms in total. The average Bonchev–Trinajstić information content (AvgIpc) is 2.88. The van der Waals surface area contributed by atoms with Crippen LogP contribution in [0.2, 0.25) is 0 Å². The summed E-state index contributed by atoms with van der Waals surface area (Å²) < 4.78 is 2.20. The monoisotopic (exact) mass is 254 g/mol. The van der Waals surface area contributed by atoms with Crippen molar-refractivity contribution in [2.75, 3.05) is 4.90 Å². The Morgan fingerprint density at radius 3 is 2.58 bits per heavy atom. The Morgan fingerprint density at radius 1 is 1.16 bits per heavy atom. The maximum atomic E-state index is 12.1. The van der Waals surface area contributed by atoms with Gasteiger partial charge >= 0.3 is 0 Å². The molecule has 3 rings (SSSR count). The summed E-state index contributed by atoms with van der Waals surface area (Å²) in [6, 6.07) is 12.4. The average molecular weight is 254 g/mol. The van der Waals surface area contributed by atoms with Gasteiger partial charge in [0.05, 0.1) is 17.4 Å². The first-order valence-corrected chi connectivity index (χ1v) is 6.80. The third kappa shape index (κ3) is 1.77. The molecule has 0 radical (unpaired) electrons. The van der Waals surface area contributed by atoms with Gasteiger partial charge in [0.25, 0.3) is 0 Å². The molecule has 0 bridgehead atoms. The van der Waals surface area contributed by atoms with Gasteiger partial charge in [-0.3, -0.25) is 4.79 Å². The third-order valence-electron chi connectivity index (χ3n) is 3.74. The molecular weight excluding hydrogens is 236 g/mol. The van der Waals surface area contributed by atoms with E-state index < -0.39 is 0 Å². The Labute approximate surface area is 113 Å². The topological polar surface area (TPSA) is 25.2 Å². The summed E-state index contributed by atoms with van der Waals surface area (Å²) in [5.41, 5.74) is 3.30. The summed E-state index contributed by atoms with van der Waals surface area (Å²) in [5.74, 6) is 0.110. The molecule has 0 saturated carbocycles. The molecule has 1 atom stereocenters. The number of carbonyl (C=O) groups excluding carboxylic acids is 1. The standard InChI is InChI=1S/C16H18N2O/c1-3-7-15-14-10-6-11-17(14)13-8-4-5-9-16(13)18(15)12(2)19/h4-6,8-11,15H,3,7H2,1-2H3. The van der Waals surface area contributed by atoms with Gasteiger partial charge < -0.3 is 9.47 Å². The highest BCUT2D eigenvalue weighted by molar-refractivity contribution is 5.95. The van der Waals surface area contributed by atoms with E-state index in [9.17, 15) is 4.79 Å². The number of nitrogens with zero attached hydrogens (tertiary/aromatic N) is 2. The second-order valence-corrected chi connectivity index (χ2v) is 4.99.